The second-order valence-corrected chi connectivity index (χ2v) is 2.85. The Morgan fingerprint density at radius 2 is 1.90 bits per heavy atom. The van der Waals surface area contributed by atoms with Gasteiger partial charge in [0.1, 0.15) is 6.42 Å². The summed E-state index contributed by atoms with van der Waals surface area (Å²) < 4.78 is 20.1. The van der Waals surface area contributed by atoms with Gasteiger partial charge in [-0.2, -0.15) is 8.78 Å². The molecule has 10 heavy (non-hydrogen) atoms. The number of carboxylic acid groups (broad SMARTS) is 1. The van der Waals surface area contributed by atoms with Crippen molar-refractivity contribution in [1.82, 2.24) is 0 Å². The largest absolute Gasteiger partial charge is 0.481 e. The summed E-state index contributed by atoms with van der Waals surface area (Å²) in [5.41, 5.74) is 0. The van der Waals surface area contributed by atoms with Crippen molar-refractivity contribution in [3.8, 4) is 0 Å². The molecule has 0 radical (unpaired) electrons. The monoisotopic (exact) mass is 264 g/mol. The third-order valence-electron chi connectivity index (χ3n) is 0.628. The Kier molecular flexibility index (Phi) is 3.13. The highest BCUT2D eigenvalue weighted by molar-refractivity contribution is 14.1. The van der Waals surface area contributed by atoms with E-state index in [4.69, 9.17) is 5.11 Å². The minimum atomic E-state index is -3.56. The van der Waals surface area contributed by atoms with Gasteiger partial charge in [-0.15, -0.1) is 0 Å². The second kappa shape index (κ2) is 3.22. The fourth-order valence-electron chi connectivity index (χ4n) is 0.238. The van der Waals surface area contributed by atoms with Crippen molar-refractivity contribution in [1.29, 1.82) is 0 Å². The number of hydrogen-bond acceptors (Lipinski definition) is 2. The number of rotatable bonds is 3. The van der Waals surface area contributed by atoms with Crippen LogP contribution in [-0.2, 0) is 9.59 Å². The van der Waals surface area contributed by atoms with Crippen LogP contribution in [0.1, 0.15) is 6.42 Å². The number of carboxylic acids is 1. The van der Waals surface area contributed by atoms with E-state index >= 15 is 0 Å². The summed E-state index contributed by atoms with van der Waals surface area (Å²) in [6.07, 6.45) is -1.13. The average Bonchev–Trinajstić information content (AvgIpc) is 1.60. The highest BCUT2D eigenvalue weighted by atomic mass is 127. The Hall–Kier alpha value is -0.270. The molecular formula is C4H3F2IO3. The van der Waals surface area contributed by atoms with Gasteiger partial charge in [-0.3, -0.25) is 9.59 Å². The first kappa shape index (κ1) is 9.73. The Morgan fingerprint density at radius 3 is 2.00 bits per heavy atom. The topological polar surface area (TPSA) is 54.4 Å². The van der Waals surface area contributed by atoms with Crippen LogP contribution in [0.3, 0.4) is 0 Å². The predicted molar refractivity (Wildman–Crippen MR) is 36.2 cm³/mol. The van der Waals surface area contributed by atoms with Gasteiger partial charge in [0.05, 0.1) is 0 Å². The summed E-state index contributed by atoms with van der Waals surface area (Å²) >= 11 is 0.590. The van der Waals surface area contributed by atoms with Gasteiger partial charge < -0.3 is 5.11 Å². The third kappa shape index (κ3) is 3.70. The van der Waals surface area contributed by atoms with Gasteiger partial charge in [0, 0.05) is 22.6 Å². The van der Waals surface area contributed by atoms with Crippen LogP contribution < -0.4 is 0 Å². The van der Waals surface area contributed by atoms with Gasteiger partial charge in [-0.25, -0.2) is 0 Å². The summed E-state index contributed by atoms with van der Waals surface area (Å²) in [5, 5.41) is 7.89. The molecule has 0 rings (SSSR count). The number of ketones is 1. The molecule has 0 bridgehead atoms. The molecule has 0 aromatic rings. The van der Waals surface area contributed by atoms with E-state index in [0.29, 0.717) is 22.6 Å². The molecule has 1 N–H and O–H groups in total. The number of carbonyl (C=O) groups excluding carboxylic acids is 1. The van der Waals surface area contributed by atoms with Crippen LogP contribution in [0.25, 0.3) is 0 Å². The number of alkyl halides is 3. The van der Waals surface area contributed by atoms with Crippen molar-refractivity contribution >= 4 is 34.3 Å². The van der Waals surface area contributed by atoms with E-state index in [1.165, 1.54) is 0 Å². The molecule has 0 heterocycles. The van der Waals surface area contributed by atoms with E-state index in [2.05, 4.69) is 0 Å². The lowest BCUT2D eigenvalue weighted by Gasteiger charge is -2.02. The minimum Gasteiger partial charge on any atom is -0.481 e. The van der Waals surface area contributed by atoms with Crippen LogP contribution in [-0.4, -0.2) is 20.8 Å². The zero-order valence-corrected chi connectivity index (χ0v) is 6.76. The van der Waals surface area contributed by atoms with Gasteiger partial charge in [0.25, 0.3) is 0 Å². The summed E-state index contributed by atoms with van der Waals surface area (Å²) in [6, 6.07) is 0. The molecule has 0 aliphatic rings. The standard InChI is InChI=1S/C4H3F2IO3/c5-4(6,7)2(8)1-3(9)10/h1H2,(H,9,10). The molecule has 0 aromatic heterocycles. The fourth-order valence-corrected chi connectivity index (χ4v) is 0.428. The summed E-state index contributed by atoms with van der Waals surface area (Å²) in [4.78, 5) is 19.8. The van der Waals surface area contributed by atoms with Crippen molar-refractivity contribution < 1.29 is 23.5 Å². The normalized spacial score (nSPS) is 11.1. The number of halogens is 3. The first-order valence-electron chi connectivity index (χ1n) is 2.16. The maximum absolute atomic E-state index is 11.8. The molecule has 0 amide bonds. The van der Waals surface area contributed by atoms with Crippen molar-refractivity contribution in [2.24, 2.45) is 0 Å². The molecule has 3 nitrogen and oxygen atoms in total. The number of hydrogen-bond donors (Lipinski definition) is 1. The van der Waals surface area contributed by atoms with Crippen molar-refractivity contribution in [3.05, 3.63) is 0 Å². The molecule has 0 aromatic carbocycles. The lowest BCUT2D eigenvalue weighted by Crippen LogP contribution is -2.23. The Morgan fingerprint density at radius 1 is 1.50 bits per heavy atom. The number of carbonyl (C=O) groups is 2. The lowest BCUT2D eigenvalue weighted by molar-refractivity contribution is -0.144. The maximum atomic E-state index is 11.8. The van der Waals surface area contributed by atoms with Crippen LogP contribution in [0, 0.1) is 0 Å². The van der Waals surface area contributed by atoms with Crippen LogP contribution >= 0.6 is 22.6 Å². The smallest absolute Gasteiger partial charge is 0.354 e. The highest BCUT2D eigenvalue weighted by Gasteiger charge is 2.35. The first-order valence-corrected chi connectivity index (χ1v) is 3.23. The van der Waals surface area contributed by atoms with Crippen molar-refractivity contribution in [2.45, 2.75) is 10.4 Å². The fraction of sp³-hybridized carbons (Fsp3) is 0.500. The van der Waals surface area contributed by atoms with E-state index in [1.807, 2.05) is 0 Å². The summed E-state index contributed by atoms with van der Waals surface area (Å²) in [6.45, 7) is 0. The molecule has 0 aliphatic heterocycles. The molecule has 0 aliphatic carbocycles. The minimum absolute atomic E-state index is 0.590. The van der Waals surface area contributed by atoms with E-state index in [0.717, 1.165) is 0 Å². The predicted octanol–water partition coefficient (Wildman–Crippen LogP) is 1.06. The molecule has 0 unspecified atom stereocenters. The molecule has 58 valence electrons. The molecular weight excluding hydrogens is 261 g/mol. The number of aliphatic carboxylic acids is 1. The molecule has 0 saturated heterocycles. The lowest BCUT2D eigenvalue weighted by atomic mass is 10.3. The van der Waals surface area contributed by atoms with Crippen LogP contribution in [0.4, 0.5) is 8.78 Å². The van der Waals surface area contributed by atoms with E-state index in [-0.39, 0.29) is 0 Å². The SMILES string of the molecule is O=C(O)CC(=O)C(F)(F)I. The molecule has 0 spiro atoms. The zero-order chi connectivity index (χ0) is 8.36. The number of Topliss-reactive ketones (excluding diaryl/α,β-unsaturated/α-hetero) is 1. The van der Waals surface area contributed by atoms with Crippen LogP contribution in [0.15, 0.2) is 0 Å². The Balaban J connectivity index is 3.99. The Bertz CT molecular complexity index is 162. The summed E-state index contributed by atoms with van der Waals surface area (Å²) in [7, 11) is 0. The van der Waals surface area contributed by atoms with Crippen LogP contribution in [0.2, 0.25) is 0 Å². The van der Waals surface area contributed by atoms with Gasteiger partial charge in [-0.1, -0.05) is 0 Å². The quantitative estimate of drug-likeness (QED) is 0.471. The first-order chi connectivity index (χ1) is 4.34. The zero-order valence-electron chi connectivity index (χ0n) is 4.60. The highest BCUT2D eigenvalue weighted by Crippen LogP contribution is 2.24. The molecule has 6 heteroatoms. The summed E-state index contributed by atoms with van der Waals surface area (Å²) in [5.74, 6) is -3.12. The average molecular weight is 264 g/mol. The Labute approximate surface area is 68.5 Å². The maximum Gasteiger partial charge on any atom is 0.354 e. The van der Waals surface area contributed by atoms with E-state index < -0.39 is 22.1 Å². The van der Waals surface area contributed by atoms with Gasteiger partial charge in [0.2, 0.25) is 5.78 Å². The van der Waals surface area contributed by atoms with E-state index in [1.54, 1.807) is 0 Å². The van der Waals surface area contributed by atoms with Crippen molar-refractivity contribution in [3.63, 3.8) is 0 Å². The second-order valence-electron chi connectivity index (χ2n) is 1.49. The van der Waals surface area contributed by atoms with Crippen molar-refractivity contribution in [2.75, 3.05) is 0 Å². The molecule has 0 saturated carbocycles. The van der Waals surface area contributed by atoms with Gasteiger partial charge in [-0.05, 0) is 0 Å². The molecule has 0 atom stereocenters. The third-order valence-corrected chi connectivity index (χ3v) is 1.23. The van der Waals surface area contributed by atoms with Crippen LogP contribution in [0.5, 0.6) is 0 Å². The van der Waals surface area contributed by atoms with Gasteiger partial charge in [0.15, 0.2) is 0 Å². The molecule has 0 fully saturated rings. The van der Waals surface area contributed by atoms with Gasteiger partial charge >= 0.3 is 9.90 Å². The van der Waals surface area contributed by atoms with E-state index in [9.17, 15) is 18.4 Å².